The van der Waals surface area contributed by atoms with E-state index in [0.717, 1.165) is 41.0 Å². The fourth-order valence-corrected chi connectivity index (χ4v) is 5.01. The van der Waals surface area contributed by atoms with E-state index in [1.54, 1.807) is 14.2 Å². The monoisotopic (exact) mass is 382 g/mol. The SMILES string of the molecule is COc1cc(CPc2ccccc2)c(OC)cc1CPc1ccccc1. The van der Waals surface area contributed by atoms with E-state index in [1.807, 2.05) is 0 Å². The third-order valence-electron chi connectivity index (χ3n) is 4.20. The minimum Gasteiger partial charge on any atom is -0.496 e. The summed E-state index contributed by atoms with van der Waals surface area (Å²) < 4.78 is 11.4. The first kappa shape index (κ1) is 18.9. The number of rotatable bonds is 8. The second-order valence-corrected chi connectivity index (χ2v) is 8.48. The quantitative estimate of drug-likeness (QED) is 0.525. The molecule has 0 amide bonds. The van der Waals surface area contributed by atoms with Crippen molar-refractivity contribution in [2.45, 2.75) is 12.3 Å². The van der Waals surface area contributed by atoms with Crippen molar-refractivity contribution in [1.29, 1.82) is 0 Å². The summed E-state index contributed by atoms with van der Waals surface area (Å²) in [6.07, 6.45) is 1.93. The van der Waals surface area contributed by atoms with Gasteiger partial charge in [0.25, 0.3) is 0 Å². The molecule has 3 rings (SSSR count). The number of benzene rings is 3. The van der Waals surface area contributed by atoms with E-state index < -0.39 is 0 Å². The average Bonchev–Trinajstić information content (AvgIpc) is 2.72. The molecule has 3 aromatic rings. The highest BCUT2D eigenvalue weighted by Gasteiger charge is 2.12. The molecule has 2 nitrogen and oxygen atoms in total. The lowest BCUT2D eigenvalue weighted by Gasteiger charge is -2.15. The number of hydrogen-bond acceptors (Lipinski definition) is 2. The van der Waals surface area contributed by atoms with Crippen molar-refractivity contribution in [2.75, 3.05) is 14.2 Å². The Morgan fingerprint density at radius 2 is 1.00 bits per heavy atom. The maximum Gasteiger partial charge on any atom is 0.122 e. The summed E-state index contributed by atoms with van der Waals surface area (Å²) in [5.41, 5.74) is 2.41. The molecule has 2 atom stereocenters. The lowest BCUT2D eigenvalue weighted by molar-refractivity contribution is 0.397. The Labute approximate surface area is 159 Å². The summed E-state index contributed by atoms with van der Waals surface area (Å²) in [5.74, 6) is 1.92. The highest BCUT2D eigenvalue weighted by Crippen LogP contribution is 2.35. The molecule has 0 heterocycles. The van der Waals surface area contributed by atoms with Gasteiger partial charge in [-0.2, -0.15) is 0 Å². The van der Waals surface area contributed by atoms with Gasteiger partial charge in [-0.3, -0.25) is 0 Å². The van der Waals surface area contributed by atoms with E-state index in [4.69, 9.17) is 9.47 Å². The van der Waals surface area contributed by atoms with Crippen LogP contribution in [0.5, 0.6) is 11.5 Å². The van der Waals surface area contributed by atoms with Crippen LogP contribution in [0.3, 0.4) is 0 Å². The fourth-order valence-electron chi connectivity index (χ4n) is 2.81. The molecule has 4 heteroatoms. The van der Waals surface area contributed by atoms with Gasteiger partial charge >= 0.3 is 0 Å². The van der Waals surface area contributed by atoms with Gasteiger partial charge in [0, 0.05) is 11.1 Å². The lowest BCUT2D eigenvalue weighted by Crippen LogP contribution is -2.00. The molecule has 0 aromatic heterocycles. The van der Waals surface area contributed by atoms with Crippen LogP contribution in [0.25, 0.3) is 0 Å². The molecule has 0 bridgehead atoms. The van der Waals surface area contributed by atoms with Crippen molar-refractivity contribution < 1.29 is 9.47 Å². The van der Waals surface area contributed by atoms with Gasteiger partial charge in [-0.05, 0) is 35.1 Å². The molecule has 0 fully saturated rings. The molecule has 0 saturated heterocycles. The molecule has 0 aliphatic carbocycles. The smallest absolute Gasteiger partial charge is 0.122 e. The summed E-state index contributed by atoms with van der Waals surface area (Å²) in [6, 6.07) is 25.5. The lowest BCUT2D eigenvalue weighted by atomic mass is 10.1. The summed E-state index contributed by atoms with van der Waals surface area (Å²) in [5, 5.41) is 2.73. The van der Waals surface area contributed by atoms with Crippen molar-refractivity contribution in [3.05, 3.63) is 83.9 Å². The molecule has 0 aliphatic heterocycles. The second kappa shape index (κ2) is 9.72. The van der Waals surface area contributed by atoms with Crippen LogP contribution in [-0.4, -0.2) is 14.2 Å². The Morgan fingerprint density at radius 1 is 0.615 bits per heavy atom. The molecule has 0 spiro atoms. The van der Waals surface area contributed by atoms with Gasteiger partial charge in [-0.25, -0.2) is 0 Å². The van der Waals surface area contributed by atoms with Crippen molar-refractivity contribution in [1.82, 2.24) is 0 Å². The Balaban J connectivity index is 1.76. The van der Waals surface area contributed by atoms with E-state index in [2.05, 4.69) is 72.8 Å². The van der Waals surface area contributed by atoms with Gasteiger partial charge < -0.3 is 9.47 Å². The topological polar surface area (TPSA) is 18.5 Å². The van der Waals surface area contributed by atoms with Crippen LogP contribution >= 0.6 is 17.2 Å². The Bertz CT molecular complexity index is 749. The molecule has 0 aliphatic rings. The highest BCUT2D eigenvalue weighted by molar-refractivity contribution is 7.46. The summed E-state index contributed by atoms with van der Waals surface area (Å²) in [4.78, 5) is 0. The van der Waals surface area contributed by atoms with Gasteiger partial charge in [-0.15, -0.1) is 0 Å². The molecule has 0 saturated carbocycles. The predicted molar refractivity (Wildman–Crippen MR) is 116 cm³/mol. The zero-order chi connectivity index (χ0) is 18.2. The van der Waals surface area contributed by atoms with Gasteiger partial charge in [0.05, 0.1) is 14.2 Å². The molecular weight excluding hydrogens is 358 g/mol. The third kappa shape index (κ3) is 5.07. The van der Waals surface area contributed by atoms with Crippen LogP contribution in [0.1, 0.15) is 11.1 Å². The summed E-state index contributed by atoms with van der Waals surface area (Å²) in [7, 11) is 4.94. The molecule has 134 valence electrons. The van der Waals surface area contributed by atoms with Gasteiger partial charge in [-0.1, -0.05) is 77.8 Å². The normalized spacial score (nSPS) is 11.5. The molecule has 26 heavy (non-hydrogen) atoms. The predicted octanol–water partition coefficient (Wildman–Crippen LogP) is 4.71. The maximum atomic E-state index is 5.68. The first-order valence-electron chi connectivity index (χ1n) is 8.62. The number of methoxy groups -OCH3 is 2. The fraction of sp³-hybridized carbons (Fsp3) is 0.182. The summed E-state index contributed by atoms with van der Waals surface area (Å²) in [6.45, 7) is 0. The van der Waals surface area contributed by atoms with Crippen LogP contribution < -0.4 is 20.1 Å². The van der Waals surface area contributed by atoms with E-state index in [0.29, 0.717) is 0 Å². The minimum atomic E-state index is 0.721. The second-order valence-electron chi connectivity index (χ2n) is 5.92. The average molecular weight is 382 g/mol. The first-order valence-corrected chi connectivity index (χ1v) is 11.0. The van der Waals surface area contributed by atoms with E-state index in [9.17, 15) is 0 Å². The maximum absolute atomic E-state index is 5.68. The van der Waals surface area contributed by atoms with Crippen LogP contribution in [-0.2, 0) is 12.3 Å². The zero-order valence-corrected chi connectivity index (χ0v) is 17.2. The van der Waals surface area contributed by atoms with Gasteiger partial charge in [0.2, 0.25) is 0 Å². The molecular formula is C22H24O2P2. The van der Waals surface area contributed by atoms with E-state index >= 15 is 0 Å². The molecule has 3 aromatic carbocycles. The molecule has 0 N–H and O–H groups in total. The molecule has 2 unspecified atom stereocenters. The number of ether oxygens (including phenoxy) is 2. The summed E-state index contributed by atoms with van der Waals surface area (Å²) >= 11 is 0. The standard InChI is InChI=1S/C22H24O2P2/c1-23-21-13-18(16-26-20-11-7-4-8-12-20)22(24-2)14-17(21)15-25-19-9-5-3-6-10-19/h3-14,25-26H,15-16H2,1-2H3. The van der Waals surface area contributed by atoms with Crippen LogP contribution in [0, 0.1) is 0 Å². The van der Waals surface area contributed by atoms with E-state index in [1.165, 1.54) is 21.7 Å². The largest absolute Gasteiger partial charge is 0.496 e. The van der Waals surface area contributed by atoms with Crippen LogP contribution in [0.4, 0.5) is 0 Å². The first-order chi connectivity index (χ1) is 12.8. The van der Waals surface area contributed by atoms with Crippen molar-refractivity contribution in [3.8, 4) is 11.5 Å². The Hall–Kier alpha value is -1.88. The van der Waals surface area contributed by atoms with Crippen molar-refractivity contribution in [2.24, 2.45) is 0 Å². The van der Waals surface area contributed by atoms with Crippen molar-refractivity contribution >= 4 is 27.8 Å². The highest BCUT2D eigenvalue weighted by atomic mass is 31.1. The van der Waals surface area contributed by atoms with Crippen LogP contribution in [0.15, 0.2) is 72.8 Å². The van der Waals surface area contributed by atoms with Crippen molar-refractivity contribution in [3.63, 3.8) is 0 Å². The van der Waals surface area contributed by atoms with Gasteiger partial charge in [0.15, 0.2) is 0 Å². The zero-order valence-electron chi connectivity index (χ0n) is 15.2. The Kier molecular flexibility index (Phi) is 7.06. The number of hydrogen-bond donors (Lipinski definition) is 0. The molecule has 0 radical (unpaired) electrons. The third-order valence-corrected chi connectivity index (χ3v) is 6.80. The van der Waals surface area contributed by atoms with E-state index in [-0.39, 0.29) is 0 Å². The van der Waals surface area contributed by atoms with Gasteiger partial charge in [0.1, 0.15) is 11.5 Å². The minimum absolute atomic E-state index is 0.721. The van der Waals surface area contributed by atoms with Crippen LogP contribution in [0.2, 0.25) is 0 Å². The Morgan fingerprint density at radius 3 is 1.35 bits per heavy atom.